The monoisotopic (exact) mass is 434 g/mol. The highest BCUT2D eigenvalue weighted by Gasteiger charge is 2.51. The fraction of sp³-hybridized carbons (Fsp3) is 0.231. The lowest BCUT2D eigenvalue weighted by Gasteiger charge is -2.18. The standard InChI is InChI=1S/C26H24N2O4.3H2/c1-2-16-6-8-20(14-21(16)17-4-3-5-18(12-17)24(27)29)28-25(30)26(10-11-26)19-7-9-22-23(13-19)32-15-31-22;;;/h3-9,12-14H,2,10-11,15H2,1H3,(H2,27,29)(H,28,30);3*1H. The number of amides is 2. The van der Waals surface area contributed by atoms with Crippen LogP contribution >= 0.6 is 0 Å². The van der Waals surface area contributed by atoms with Crippen molar-refractivity contribution in [2.75, 3.05) is 12.1 Å². The quantitative estimate of drug-likeness (QED) is 0.561. The zero-order valence-corrected chi connectivity index (χ0v) is 17.8. The number of aryl methyl sites for hydroxylation is 1. The van der Waals surface area contributed by atoms with E-state index in [9.17, 15) is 9.59 Å². The van der Waals surface area contributed by atoms with Crippen LogP contribution in [0.2, 0.25) is 0 Å². The molecule has 1 aliphatic carbocycles. The molecule has 3 N–H and O–H groups in total. The number of rotatable bonds is 6. The Morgan fingerprint density at radius 2 is 1.84 bits per heavy atom. The zero-order valence-electron chi connectivity index (χ0n) is 17.8. The van der Waals surface area contributed by atoms with Gasteiger partial charge >= 0.3 is 0 Å². The van der Waals surface area contributed by atoms with Crippen LogP contribution in [0.5, 0.6) is 11.5 Å². The second kappa shape index (κ2) is 7.71. The van der Waals surface area contributed by atoms with Gasteiger partial charge in [-0.3, -0.25) is 9.59 Å². The maximum absolute atomic E-state index is 13.3. The van der Waals surface area contributed by atoms with Crippen molar-refractivity contribution in [3.8, 4) is 22.6 Å². The molecule has 1 heterocycles. The molecular weight excluding hydrogens is 404 g/mol. The van der Waals surface area contributed by atoms with Crippen molar-refractivity contribution in [2.45, 2.75) is 31.6 Å². The molecule has 3 aromatic carbocycles. The molecule has 0 saturated heterocycles. The van der Waals surface area contributed by atoms with Gasteiger partial charge in [-0.05, 0) is 77.9 Å². The average Bonchev–Trinajstić information content (AvgIpc) is 3.50. The van der Waals surface area contributed by atoms with Gasteiger partial charge in [-0.1, -0.05) is 31.2 Å². The minimum absolute atomic E-state index is 0. The number of primary amides is 1. The first kappa shape index (κ1) is 20.1. The Morgan fingerprint density at radius 1 is 1.03 bits per heavy atom. The Hall–Kier alpha value is -3.80. The fourth-order valence-electron chi connectivity index (χ4n) is 4.29. The van der Waals surface area contributed by atoms with Gasteiger partial charge in [-0.25, -0.2) is 0 Å². The number of hydrogen-bond donors (Lipinski definition) is 2. The van der Waals surface area contributed by atoms with Crippen LogP contribution in [0.3, 0.4) is 0 Å². The summed E-state index contributed by atoms with van der Waals surface area (Å²) in [5.41, 5.74) is 10.0. The molecule has 1 aliphatic heterocycles. The molecular formula is C26H30N2O4. The van der Waals surface area contributed by atoms with Crippen LogP contribution < -0.4 is 20.5 Å². The summed E-state index contributed by atoms with van der Waals surface area (Å²) in [5.74, 6) is 0.902. The molecule has 0 atom stereocenters. The molecule has 3 aromatic rings. The summed E-state index contributed by atoms with van der Waals surface area (Å²) in [5, 5.41) is 3.11. The number of anilines is 1. The third-order valence-electron chi connectivity index (χ3n) is 6.32. The lowest BCUT2D eigenvalue weighted by molar-refractivity contribution is -0.118. The van der Waals surface area contributed by atoms with E-state index in [0.29, 0.717) is 17.1 Å². The maximum atomic E-state index is 13.3. The summed E-state index contributed by atoms with van der Waals surface area (Å²) in [6.45, 7) is 2.29. The molecule has 6 nitrogen and oxygen atoms in total. The number of fused-ring (bicyclic) bond motifs is 1. The first-order chi connectivity index (χ1) is 15.5. The summed E-state index contributed by atoms with van der Waals surface area (Å²) in [6, 6.07) is 18.9. The maximum Gasteiger partial charge on any atom is 0.248 e. The SMILES string of the molecule is CCc1ccc(NC(=O)C2(c3ccc4c(c3)OCO4)CC2)cc1-c1cccc(C(N)=O)c1.[HH].[HH].[HH]. The number of nitrogens with one attached hydrogen (secondary N) is 1. The highest BCUT2D eigenvalue weighted by molar-refractivity contribution is 6.02. The van der Waals surface area contributed by atoms with Gasteiger partial charge < -0.3 is 20.5 Å². The normalized spacial score (nSPS) is 15.3. The van der Waals surface area contributed by atoms with Gasteiger partial charge in [-0.15, -0.1) is 0 Å². The Kier molecular flexibility index (Phi) is 4.85. The van der Waals surface area contributed by atoms with Gasteiger partial charge in [0.05, 0.1) is 5.41 Å². The molecule has 0 radical (unpaired) electrons. The number of carbonyl (C=O) groups is 2. The van der Waals surface area contributed by atoms with E-state index < -0.39 is 11.3 Å². The van der Waals surface area contributed by atoms with Crippen molar-refractivity contribution in [1.29, 1.82) is 0 Å². The van der Waals surface area contributed by atoms with Gasteiger partial charge in [0, 0.05) is 15.5 Å². The Balaban J connectivity index is 0.00000144. The Labute approximate surface area is 190 Å². The van der Waals surface area contributed by atoms with Crippen LogP contribution in [0.25, 0.3) is 11.1 Å². The molecule has 0 bridgehead atoms. The van der Waals surface area contributed by atoms with Gasteiger partial charge in [0.15, 0.2) is 11.5 Å². The third kappa shape index (κ3) is 3.47. The van der Waals surface area contributed by atoms with E-state index in [0.717, 1.165) is 47.2 Å². The fourth-order valence-corrected chi connectivity index (χ4v) is 4.29. The van der Waals surface area contributed by atoms with E-state index in [1.54, 1.807) is 12.1 Å². The van der Waals surface area contributed by atoms with E-state index in [2.05, 4.69) is 12.2 Å². The van der Waals surface area contributed by atoms with Crippen molar-refractivity contribution in [3.63, 3.8) is 0 Å². The van der Waals surface area contributed by atoms with Crippen molar-refractivity contribution < 1.29 is 23.3 Å². The van der Waals surface area contributed by atoms with Crippen LogP contribution in [-0.2, 0) is 16.6 Å². The van der Waals surface area contributed by atoms with Crippen molar-refractivity contribution in [2.24, 2.45) is 5.73 Å². The molecule has 5 rings (SSSR count). The first-order valence-corrected chi connectivity index (χ1v) is 10.7. The molecule has 168 valence electrons. The number of nitrogens with two attached hydrogens (primary N) is 1. The summed E-state index contributed by atoms with van der Waals surface area (Å²) in [4.78, 5) is 24.9. The highest BCUT2D eigenvalue weighted by Crippen LogP contribution is 2.51. The summed E-state index contributed by atoms with van der Waals surface area (Å²) in [6.07, 6.45) is 2.41. The van der Waals surface area contributed by atoms with E-state index >= 15 is 0 Å². The van der Waals surface area contributed by atoms with E-state index in [1.165, 1.54) is 0 Å². The molecule has 1 saturated carbocycles. The molecule has 0 unspecified atom stereocenters. The van der Waals surface area contributed by atoms with Crippen molar-refractivity contribution in [1.82, 2.24) is 0 Å². The topological polar surface area (TPSA) is 90.7 Å². The predicted octanol–water partition coefficient (Wildman–Crippen LogP) is 5.15. The third-order valence-corrected chi connectivity index (χ3v) is 6.32. The van der Waals surface area contributed by atoms with Crippen LogP contribution in [0.1, 0.15) is 45.5 Å². The van der Waals surface area contributed by atoms with Crippen LogP contribution in [0.4, 0.5) is 5.69 Å². The molecule has 32 heavy (non-hydrogen) atoms. The van der Waals surface area contributed by atoms with Gasteiger partial charge in [-0.2, -0.15) is 0 Å². The Bertz CT molecular complexity index is 1250. The van der Waals surface area contributed by atoms with Crippen LogP contribution in [0.15, 0.2) is 60.7 Å². The minimum atomic E-state index is -0.545. The van der Waals surface area contributed by atoms with E-state index in [-0.39, 0.29) is 17.0 Å². The zero-order chi connectivity index (χ0) is 22.3. The van der Waals surface area contributed by atoms with Crippen LogP contribution in [0, 0.1) is 0 Å². The smallest absolute Gasteiger partial charge is 0.248 e. The molecule has 0 aromatic heterocycles. The second-order valence-electron chi connectivity index (χ2n) is 8.27. The number of benzene rings is 3. The molecule has 6 heteroatoms. The van der Waals surface area contributed by atoms with E-state index in [1.807, 2.05) is 48.5 Å². The minimum Gasteiger partial charge on any atom is -0.454 e. The largest absolute Gasteiger partial charge is 0.454 e. The molecule has 1 fully saturated rings. The molecule has 2 amide bonds. The highest BCUT2D eigenvalue weighted by atomic mass is 16.7. The van der Waals surface area contributed by atoms with Gasteiger partial charge in [0.2, 0.25) is 18.6 Å². The Morgan fingerprint density at radius 3 is 2.59 bits per heavy atom. The molecule has 2 aliphatic rings. The van der Waals surface area contributed by atoms with Gasteiger partial charge in [0.25, 0.3) is 0 Å². The first-order valence-electron chi connectivity index (χ1n) is 10.7. The molecule has 0 spiro atoms. The number of carbonyl (C=O) groups excluding carboxylic acids is 2. The number of hydrogen-bond acceptors (Lipinski definition) is 4. The predicted molar refractivity (Wildman–Crippen MR) is 128 cm³/mol. The summed E-state index contributed by atoms with van der Waals surface area (Å²) < 4.78 is 10.9. The summed E-state index contributed by atoms with van der Waals surface area (Å²) in [7, 11) is 0. The average molecular weight is 435 g/mol. The van der Waals surface area contributed by atoms with Crippen molar-refractivity contribution in [3.05, 3.63) is 77.4 Å². The second-order valence-corrected chi connectivity index (χ2v) is 8.27. The van der Waals surface area contributed by atoms with E-state index in [4.69, 9.17) is 15.2 Å². The van der Waals surface area contributed by atoms with Crippen molar-refractivity contribution >= 4 is 17.5 Å². The van der Waals surface area contributed by atoms with Gasteiger partial charge in [0.1, 0.15) is 0 Å². The van der Waals surface area contributed by atoms with Crippen LogP contribution in [-0.4, -0.2) is 18.6 Å². The number of ether oxygens (including phenoxy) is 2. The lowest BCUT2D eigenvalue weighted by atomic mass is 9.93. The lowest BCUT2D eigenvalue weighted by Crippen LogP contribution is -2.27. The summed E-state index contributed by atoms with van der Waals surface area (Å²) >= 11 is 0.